The van der Waals surface area contributed by atoms with Gasteiger partial charge in [-0.1, -0.05) is 37.3 Å². The largest absolute Gasteiger partial charge is 0.480 e. The maximum Gasteiger partial charge on any atom is 0.319 e. The number of carboxylic acids is 1. The molecule has 1 amide bonds. The van der Waals surface area contributed by atoms with Gasteiger partial charge in [-0.15, -0.1) is 0 Å². The lowest BCUT2D eigenvalue weighted by atomic mass is 10.1. The van der Waals surface area contributed by atoms with Crippen LogP contribution >= 0.6 is 0 Å². The van der Waals surface area contributed by atoms with Crippen LogP contribution in [0.25, 0.3) is 0 Å². The second-order valence-electron chi connectivity index (χ2n) is 4.39. The van der Waals surface area contributed by atoms with Gasteiger partial charge < -0.3 is 10.4 Å². The predicted molar refractivity (Wildman–Crippen MR) is 77.9 cm³/mol. The first-order valence-corrected chi connectivity index (χ1v) is 7.83. The van der Waals surface area contributed by atoms with E-state index in [2.05, 4.69) is 5.32 Å². The van der Waals surface area contributed by atoms with E-state index in [-0.39, 0.29) is 18.1 Å². The van der Waals surface area contributed by atoms with Crippen LogP contribution in [0.5, 0.6) is 0 Å². The summed E-state index contributed by atoms with van der Waals surface area (Å²) < 4.78 is 12.0. The molecule has 5 nitrogen and oxygen atoms in total. The molecule has 0 heterocycles. The van der Waals surface area contributed by atoms with Crippen molar-refractivity contribution in [2.75, 3.05) is 12.3 Å². The average molecular weight is 297 g/mol. The number of aliphatic carboxylic acids is 1. The second kappa shape index (κ2) is 8.47. The fourth-order valence-corrected chi connectivity index (χ4v) is 2.83. The van der Waals surface area contributed by atoms with E-state index in [0.717, 1.165) is 12.0 Å². The molecule has 0 aromatic heterocycles. The van der Waals surface area contributed by atoms with E-state index in [0.29, 0.717) is 6.54 Å². The lowest BCUT2D eigenvalue weighted by Gasteiger charge is -2.12. The minimum Gasteiger partial charge on any atom is -0.480 e. The quantitative estimate of drug-likeness (QED) is 0.748. The van der Waals surface area contributed by atoms with Crippen molar-refractivity contribution >= 4 is 22.7 Å². The molecule has 0 radical (unpaired) electrons. The molecule has 6 heteroatoms. The number of carbonyl (C=O) groups is 2. The molecule has 0 aliphatic rings. The summed E-state index contributed by atoms with van der Waals surface area (Å²) in [5, 5.41) is 10.7. The molecular formula is C14H19NO4S. The highest BCUT2D eigenvalue weighted by Gasteiger charge is 2.26. The molecule has 1 aromatic rings. The Morgan fingerprint density at radius 3 is 2.50 bits per heavy atom. The fraction of sp³-hybridized carbons (Fsp3) is 0.429. The van der Waals surface area contributed by atoms with Crippen molar-refractivity contribution in [3.63, 3.8) is 0 Å². The summed E-state index contributed by atoms with van der Waals surface area (Å²) >= 11 is 0. The molecule has 20 heavy (non-hydrogen) atoms. The Kier molecular flexibility index (Phi) is 6.93. The van der Waals surface area contributed by atoms with Gasteiger partial charge in [0.25, 0.3) is 0 Å². The standard InChI is InChI=1S/C14H19NO4S/c1-2-8-15-13(16)10-20(19)12(14(17)18)9-11-6-4-3-5-7-11/h3-7,12H,2,8-10H2,1H3,(H,15,16)(H,17,18). The van der Waals surface area contributed by atoms with Gasteiger partial charge in [-0.3, -0.25) is 13.8 Å². The lowest BCUT2D eigenvalue weighted by Crippen LogP contribution is -2.36. The molecule has 0 aliphatic heterocycles. The third-order valence-electron chi connectivity index (χ3n) is 2.70. The number of benzene rings is 1. The molecular weight excluding hydrogens is 278 g/mol. The van der Waals surface area contributed by atoms with E-state index >= 15 is 0 Å². The number of carboxylic acid groups (broad SMARTS) is 1. The van der Waals surface area contributed by atoms with Crippen LogP contribution < -0.4 is 5.32 Å². The zero-order chi connectivity index (χ0) is 15.0. The Bertz CT molecular complexity index is 475. The van der Waals surface area contributed by atoms with Crippen molar-refractivity contribution in [1.82, 2.24) is 5.32 Å². The maximum absolute atomic E-state index is 12.0. The summed E-state index contributed by atoms with van der Waals surface area (Å²) in [6, 6.07) is 8.99. The Labute approximate surface area is 120 Å². The smallest absolute Gasteiger partial charge is 0.319 e. The average Bonchev–Trinajstić information content (AvgIpc) is 2.43. The van der Waals surface area contributed by atoms with Crippen LogP contribution in [-0.4, -0.2) is 38.7 Å². The molecule has 2 atom stereocenters. The Hall–Kier alpha value is -1.69. The highest BCUT2D eigenvalue weighted by Crippen LogP contribution is 2.09. The number of hydrogen-bond acceptors (Lipinski definition) is 3. The summed E-state index contributed by atoms with van der Waals surface area (Å²) in [6.07, 6.45) is 0.939. The van der Waals surface area contributed by atoms with Crippen molar-refractivity contribution in [1.29, 1.82) is 0 Å². The number of rotatable bonds is 8. The summed E-state index contributed by atoms with van der Waals surface area (Å²) in [7, 11) is -1.73. The summed E-state index contributed by atoms with van der Waals surface area (Å²) in [6.45, 7) is 2.42. The first kappa shape index (κ1) is 16.4. The van der Waals surface area contributed by atoms with Gasteiger partial charge in [0.05, 0.1) is 0 Å². The molecule has 1 aromatic carbocycles. The molecule has 0 saturated heterocycles. The molecule has 110 valence electrons. The predicted octanol–water partition coefficient (Wildman–Crippen LogP) is 0.957. The van der Waals surface area contributed by atoms with Crippen molar-refractivity contribution in [2.24, 2.45) is 0 Å². The van der Waals surface area contributed by atoms with Crippen LogP contribution in [0.15, 0.2) is 30.3 Å². The van der Waals surface area contributed by atoms with Gasteiger partial charge in [-0.2, -0.15) is 0 Å². The topological polar surface area (TPSA) is 83.5 Å². The second-order valence-corrected chi connectivity index (χ2v) is 6.01. The van der Waals surface area contributed by atoms with E-state index in [1.54, 1.807) is 24.3 Å². The van der Waals surface area contributed by atoms with E-state index in [4.69, 9.17) is 5.11 Å². The summed E-state index contributed by atoms with van der Waals surface area (Å²) in [5.74, 6) is -1.79. The molecule has 1 rings (SSSR count). The zero-order valence-electron chi connectivity index (χ0n) is 11.4. The minimum atomic E-state index is -1.73. The zero-order valence-corrected chi connectivity index (χ0v) is 12.2. The Morgan fingerprint density at radius 2 is 1.95 bits per heavy atom. The van der Waals surface area contributed by atoms with Gasteiger partial charge in [0, 0.05) is 17.3 Å². The SMILES string of the molecule is CCCNC(=O)CS(=O)C(Cc1ccccc1)C(=O)O. The van der Waals surface area contributed by atoms with Crippen molar-refractivity contribution in [3.05, 3.63) is 35.9 Å². The van der Waals surface area contributed by atoms with Crippen molar-refractivity contribution < 1.29 is 18.9 Å². The number of amides is 1. The lowest BCUT2D eigenvalue weighted by molar-refractivity contribution is -0.136. The van der Waals surface area contributed by atoms with E-state index in [9.17, 15) is 13.8 Å². The molecule has 2 unspecified atom stereocenters. The first-order chi connectivity index (χ1) is 9.54. The number of hydrogen-bond donors (Lipinski definition) is 2. The minimum absolute atomic E-state index is 0.157. The van der Waals surface area contributed by atoms with Gasteiger partial charge >= 0.3 is 5.97 Å². The fourth-order valence-electron chi connectivity index (χ4n) is 1.67. The third-order valence-corrected chi connectivity index (χ3v) is 4.25. The molecule has 0 aliphatic carbocycles. The Morgan fingerprint density at radius 1 is 1.30 bits per heavy atom. The summed E-state index contributed by atoms with van der Waals surface area (Å²) in [4.78, 5) is 22.7. The first-order valence-electron chi connectivity index (χ1n) is 6.45. The van der Waals surface area contributed by atoms with E-state index in [1.807, 2.05) is 13.0 Å². The maximum atomic E-state index is 12.0. The van der Waals surface area contributed by atoms with Crippen molar-refractivity contribution in [3.8, 4) is 0 Å². The molecule has 0 fully saturated rings. The third kappa shape index (κ3) is 5.52. The van der Waals surface area contributed by atoms with Crippen LogP contribution in [0.4, 0.5) is 0 Å². The van der Waals surface area contributed by atoms with Crippen LogP contribution in [0.2, 0.25) is 0 Å². The monoisotopic (exact) mass is 297 g/mol. The van der Waals surface area contributed by atoms with Gasteiger partial charge in [0.2, 0.25) is 5.91 Å². The van der Waals surface area contributed by atoms with Gasteiger partial charge in [-0.25, -0.2) is 0 Å². The van der Waals surface area contributed by atoms with Gasteiger partial charge in [-0.05, 0) is 18.4 Å². The molecule has 0 bridgehead atoms. The van der Waals surface area contributed by atoms with Crippen LogP contribution in [-0.2, 0) is 26.8 Å². The van der Waals surface area contributed by atoms with E-state index in [1.165, 1.54) is 0 Å². The van der Waals surface area contributed by atoms with E-state index < -0.39 is 22.0 Å². The summed E-state index contributed by atoms with van der Waals surface area (Å²) in [5.41, 5.74) is 0.794. The van der Waals surface area contributed by atoms with Crippen molar-refractivity contribution in [2.45, 2.75) is 25.0 Å². The highest BCUT2D eigenvalue weighted by atomic mass is 32.2. The number of nitrogens with one attached hydrogen (secondary N) is 1. The highest BCUT2D eigenvalue weighted by molar-refractivity contribution is 7.87. The van der Waals surface area contributed by atoms with Gasteiger partial charge in [0.15, 0.2) is 0 Å². The van der Waals surface area contributed by atoms with Crippen LogP contribution in [0, 0.1) is 0 Å². The molecule has 0 saturated carbocycles. The molecule has 0 spiro atoms. The normalized spacial score (nSPS) is 13.4. The molecule has 2 N–H and O–H groups in total. The van der Waals surface area contributed by atoms with Crippen LogP contribution in [0.3, 0.4) is 0 Å². The van der Waals surface area contributed by atoms with Crippen LogP contribution in [0.1, 0.15) is 18.9 Å². The van der Waals surface area contributed by atoms with Gasteiger partial charge in [0.1, 0.15) is 11.0 Å². The number of carbonyl (C=O) groups excluding carboxylic acids is 1. The Balaban J connectivity index is 2.64.